The van der Waals surface area contributed by atoms with E-state index >= 15 is 0 Å². The fourth-order valence-electron chi connectivity index (χ4n) is 1.88. The first-order valence-corrected chi connectivity index (χ1v) is 6.20. The Labute approximate surface area is 108 Å². The molecule has 100 valence electrons. The number of hydrogen-bond acceptors (Lipinski definition) is 5. The standard InChI is InChI=1S/C13H20N2O3/c1-16-14-12-3-2-4-13(11-12)18-10-7-15-5-8-17-9-6-15/h2-4,11,14H,5-10H2,1H3. The molecule has 1 saturated heterocycles. The smallest absolute Gasteiger partial charge is 0.121 e. The summed E-state index contributed by atoms with van der Waals surface area (Å²) in [5.74, 6) is 0.852. The van der Waals surface area contributed by atoms with Crippen molar-refractivity contribution >= 4 is 5.69 Å². The van der Waals surface area contributed by atoms with Crippen LogP contribution in [0.3, 0.4) is 0 Å². The van der Waals surface area contributed by atoms with Gasteiger partial charge in [-0.25, -0.2) is 0 Å². The van der Waals surface area contributed by atoms with Crippen LogP contribution in [0.4, 0.5) is 5.69 Å². The van der Waals surface area contributed by atoms with Gasteiger partial charge in [0.15, 0.2) is 0 Å². The Hall–Kier alpha value is -1.30. The molecular weight excluding hydrogens is 232 g/mol. The van der Waals surface area contributed by atoms with Crippen LogP contribution in [0.1, 0.15) is 0 Å². The number of nitrogens with zero attached hydrogens (tertiary/aromatic N) is 1. The predicted octanol–water partition coefficient (Wildman–Crippen LogP) is 1.37. The molecule has 1 N–H and O–H groups in total. The van der Waals surface area contributed by atoms with E-state index in [1.807, 2.05) is 24.3 Å². The summed E-state index contributed by atoms with van der Waals surface area (Å²) >= 11 is 0. The highest BCUT2D eigenvalue weighted by atomic mass is 16.6. The minimum atomic E-state index is 0.691. The molecule has 0 radical (unpaired) electrons. The van der Waals surface area contributed by atoms with Crippen molar-refractivity contribution in [3.63, 3.8) is 0 Å². The maximum absolute atomic E-state index is 5.72. The van der Waals surface area contributed by atoms with Crippen LogP contribution in [0.15, 0.2) is 24.3 Å². The molecule has 1 aromatic rings. The molecular formula is C13H20N2O3. The van der Waals surface area contributed by atoms with Gasteiger partial charge in [0.25, 0.3) is 0 Å². The van der Waals surface area contributed by atoms with Crippen LogP contribution >= 0.6 is 0 Å². The molecule has 0 bridgehead atoms. The molecule has 5 nitrogen and oxygen atoms in total. The summed E-state index contributed by atoms with van der Waals surface area (Å²) in [5, 5.41) is 0. The fourth-order valence-corrected chi connectivity index (χ4v) is 1.88. The summed E-state index contributed by atoms with van der Waals surface area (Å²) in [6.07, 6.45) is 0. The third-order valence-corrected chi connectivity index (χ3v) is 2.83. The van der Waals surface area contributed by atoms with Crippen molar-refractivity contribution in [2.24, 2.45) is 0 Å². The topological polar surface area (TPSA) is 43.0 Å². The Morgan fingerprint density at radius 1 is 1.33 bits per heavy atom. The van der Waals surface area contributed by atoms with Crippen molar-refractivity contribution in [3.8, 4) is 5.75 Å². The van der Waals surface area contributed by atoms with E-state index in [0.29, 0.717) is 6.61 Å². The summed E-state index contributed by atoms with van der Waals surface area (Å²) in [4.78, 5) is 7.20. The van der Waals surface area contributed by atoms with Crippen molar-refractivity contribution < 1.29 is 14.3 Å². The monoisotopic (exact) mass is 252 g/mol. The van der Waals surface area contributed by atoms with Gasteiger partial charge in [0.05, 0.1) is 26.0 Å². The summed E-state index contributed by atoms with van der Waals surface area (Å²) in [5.41, 5.74) is 3.67. The molecule has 2 rings (SSSR count). The molecule has 18 heavy (non-hydrogen) atoms. The molecule has 0 atom stereocenters. The average molecular weight is 252 g/mol. The second-order valence-corrected chi connectivity index (χ2v) is 4.14. The number of anilines is 1. The molecule has 0 unspecified atom stereocenters. The highest BCUT2D eigenvalue weighted by molar-refractivity contribution is 5.46. The molecule has 5 heteroatoms. The zero-order valence-electron chi connectivity index (χ0n) is 10.7. The zero-order chi connectivity index (χ0) is 12.6. The van der Waals surface area contributed by atoms with Gasteiger partial charge in [0, 0.05) is 25.7 Å². The van der Waals surface area contributed by atoms with Crippen molar-refractivity contribution in [2.75, 3.05) is 52.0 Å². The minimum Gasteiger partial charge on any atom is -0.492 e. The SMILES string of the molecule is CONc1cccc(OCCN2CCOCC2)c1. The van der Waals surface area contributed by atoms with E-state index in [4.69, 9.17) is 14.3 Å². The number of rotatable bonds is 6. The maximum atomic E-state index is 5.72. The summed E-state index contributed by atoms with van der Waals surface area (Å²) < 4.78 is 11.0. The number of hydrogen-bond donors (Lipinski definition) is 1. The third kappa shape index (κ3) is 4.18. The van der Waals surface area contributed by atoms with E-state index in [9.17, 15) is 0 Å². The largest absolute Gasteiger partial charge is 0.492 e. The first-order valence-electron chi connectivity index (χ1n) is 6.20. The van der Waals surface area contributed by atoms with Crippen LogP contribution in [0.25, 0.3) is 0 Å². The van der Waals surface area contributed by atoms with E-state index in [1.165, 1.54) is 0 Å². The fraction of sp³-hybridized carbons (Fsp3) is 0.538. The number of ether oxygens (including phenoxy) is 2. The van der Waals surface area contributed by atoms with Crippen molar-refractivity contribution in [1.29, 1.82) is 0 Å². The Morgan fingerprint density at radius 2 is 2.17 bits per heavy atom. The predicted molar refractivity (Wildman–Crippen MR) is 69.8 cm³/mol. The van der Waals surface area contributed by atoms with Crippen molar-refractivity contribution in [3.05, 3.63) is 24.3 Å². The zero-order valence-corrected chi connectivity index (χ0v) is 10.7. The highest BCUT2D eigenvalue weighted by Crippen LogP contribution is 2.17. The van der Waals surface area contributed by atoms with Crippen LogP contribution in [0.2, 0.25) is 0 Å². The van der Waals surface area contributed by atoms with Crippen LogP contribution in [-0.4, -0.2) is 51.5 Å². The molecule has 0 aliphatic carbocycles. The number of morpholine rings is 1. The lowest BCUT2D eigenvalue weighted by atomic mass is 10.3. The van der Waals surface area contributed by atoms with Crippen LogP contribution < -0.4 is 10.2 Å². The Kier molecular flexibility index (Phi) is 5.26. The second-order valence-electron chi connectivity index (χ2n) is 4.14. The van der Waals surface area contributed by atoms with Crippen molar-refractivity contribution in [2.45, 2.75) is 0 Å². The van der Waals surface area contributed by atoms with E-state index in [0.717, 1.165) is 44.3 Å². The third-order valence-electron chi connectivity index (χ3n) is 2.83. The second kappa shape index (κ2) is 7.20. The van der Waals surface area contributed by atoms with Gasteiger partial charge in [-0.15, -0.1) is 0 Å². The summed E-state index contributed by atoms with van der Waals surface area (Å²) in [6.45, 7) is 5.27. The summed E-state index contributed by atoms with van der Waals surface area (Å²) in [6, 6.07) is 7.73. The first kappa shape index (κ1) is 13.1. The maximum Gasteiger partial charge on any atom is 0.121 e. The van der Waals surface area contributed by atoms with Crippen LogP contribution in [-0.2, 0) is 9.57 Å². The molecule has 1 aliphatic rings. The van der Waals surface area contributed by atoms with Gasteiger partial charge in [-0.2, -0.15) is 0 Å². The van der Waals surface area contributed by atoms with E-state index in [-0.39, 0.29) is 0 Å². The Morgan fingerprint density at radius 3 is 2.94 bits per heavy atom. The first-order chi connectivity index (χ1) is 8.88. The van der Waals surface area contributed by atoms with Gasteiger partial charge in [0.2, 0.25) is 0 Å². The Bertz CT molecular complexity index is 354. The van der Waals surface area contributed by atoms with E-state index in [1.54, 1.807) is 7.11 Å². The minimum absolute atomic E-state index is 0.691. The summed E-state index contributed by atoms with van der Waals surface area (Å²) in [7, 11) is 1.59. The van der Waals surface area contributed by atoms with Crippen LogP contribution in [0.5, 0.6) is 5.75 Å². The molecule has 0 spiro atoms. The molecule has 1 aliphatic heterocycles. The van der Waals surface area contributed by atoms with Gasteiger partial charge in [-0.3, -0.25) is 15.2 Å². The normalized spacial score (nSPS) is 16.5. The number of benzene rings is 1. The van der Waals surface area contributed by atoms with Gasteiger partial charge in [0.1, 0.15) is 12.4 Å². The average Bonchev–Trinajstić information content (AvgIpc) is 2.41. The lowest BCUT2D eigenvalue weighted by Crippen LogP contribution is -2.38. The lowest BCUT2D eigenvalue weighted by Gasteiger charge is -2.26. The molecule has 1 heterocycles. The molecule has 1 aromatic carbocycles. The van der Waals surface area contributed by atoms with Gasteiger partial charge in [-0.05, 0) is 12.1 Å². The number of nitrogens with one attached hydrogen (secondary N) is 1. The van der Waals surface area contributed by atoms with Gasteiger partial charge < -0.3 is 9.47 Å². The highest BCUT2D eigenvalue weighted by Gasteiger charge is 2.09. The molecule has 0 aromatic heterocycles. The lowest BCUT2D eigenvalue weighted by molar-refractivity contribution is 0.0322. The molecule has 0 amide bonds. The molecule has 0 saturated carbocycles. The van der Waals surface area contributed by atoms with Crippen molar-refractivity contribution in [1.82, 2.24) is 4.90 Å². The van der Waals surface area contributed by atoms with Crippen LogP contribution in [0, 0.1) is 0 Å². The van der Waals surface area contributed by atoms with E-state index < -0.39 is 0 Å². The van der Waals surface area contributed by atoms with Gasteiger partial charge >= 0.3 is 0 Å². The Balaban J connectivity index is 1.73. The van der Waals surface area contributed by atoms with Gasteiger partial charge in [-0.1, -0.05) is 6.07 Å². The molecule has 1 fully saturated rings. The quantitative estimate of drug-likeness (QED) is 0.775. The van der Waals surface area contributed by atoms with E-state index in [2.05, 4.69) is 10.4 Å².